The number of hydrogen-bond acceptors (Lipinski definition) is 0. The first-order valence-electron chi connectivity index (χ1n) is 3.53. The van der Waals surface area contributed by atoms with Crippen molar-refractivity contribution in [2.24, 2.45) is 0 Å². The predicted octanol–water partition coefficient (Wildman–Crippen LogP) is 0.259. The summed E-state index contributed by atoms with van der Waals surface area (Å²) in [6.45, 7) is 4.31. The Hall–Kier alpha value is 1.38. The van der Waals surface area contributed by atoms with Gasteiger partial charge in [-0.25, -0.2) is 0 Å². The van der Waals surface area contributed by atoms with E-state index in [4.69, 9.17) is 0 Å². The molecule has 0 rings (SSSR count). The van der Waals surface area contributed by atoms with Gasteiger partial charge in [0.1, 0.15) is 0 Å². The van der Waals surface area contributed by atoms with Crippen LogP contribution in [-0.4, -0.2) is 0 Å². The van der Waals surface area contributed by atoms with Gasteiger partial charge in [0, 0.05) is 0 Å². The molecule has 0 bridgehead atoms. The fourth-order valence-electron chi connectivity index (χ4n) is 0.679. The molecule has 0 atom stereocenters. The van der Waals surface area contributed by atoms with E-state index in [-0.39, 0.29) is 52.8 Å². The minimum atomic E-state index is 0. The van der Waals surface area contributed by atoms with Gasteiger partial charge in [0.05, 0.1) is 0 Å². The third-order valence-corrected chi connectivity index (χ3v) is 1.21. The monoisotopic (exact) mass is 152 g/mol. The topological polar surface area (TPSA) is 0 Å². The Bertz CT molecular complexity index is 62.3. The fraction of sp³-hybridized carbons (Fsp3) is 0.750. The van der Waals surface area contributed by atoms with E-state index in [0.717, 1.165) is 0 Å². The molecule has 0 nitrogen and oxygen atoms in total. The van der Waals surface area contributed by atoms with Crippen molar-refractivity contribution in [3.05, 3.63) is 12.2 Å². The summed E-state index contributed by atoms with van der Waals surface area (Å²) in [6, 6.07) is 0. The largest absolute Gasteiger partial charge is 1.00 e. The van der Waals surface area contributed by atoms with Crippen LogP contribution >= 0.6 is 0 Å². The minimum absolute atomic E-state index is 0. The molecule has 0 N–H and O–H groups in total. The van der Waals surface area contributed by atoms with E-state index in [0.29, 0.717) is 0 Å². The van der Waals surface area contributed by atoms with Crippen LogP contribution in [0.2, 0.25) is 0 Å². The van der Waals surface area contributed by atoms with Gasteiger partial charge in [-0.3, -0.25) is 0 Å². The maximum absolute atomic E-state index is 2.23. The average Bonchev–Trinajstić information content (AvgIpc) is 1.81. The number of rotatable bonds is 4. The zero-order valence-electron chi connectivity index (χ0n) is 7.98. The van der Waals surface area contributed by atoms with Gasteiger partial charge in [0.2, 0.25) is 0 Å². The second-order valence-electron chi connectivity index (χ2n) is 2.06. The maximum Gasteiger partial charge on any atom is 1.00 e. The third kappa shape index (κ3) is 12.5. The molecule has 0 aliphatic rings. The van der Waals surface area contributed by atoms with Crippen molar-refractivity contribution in [2.45, 2.75) is 39.5 Å². The Morgan fingerprint density at radius 2 is 2.00 bits per heavy atom. The molecule has 0 saturated carbocycles. The molecule has 0 spiro atoms. The van der Waals surface area contributed by atoms with Crippen molar-refractivity contribution in [1.82, 2.24) is 0 Å². The molecule has 0 aromatic heterocycles. The quantitative estimate of drug-likeness (QED) is 0.308. The molecule has 0 aromatic carbocycles. The van der Waals surface area contributed by atoms with Crippen LogP contribution in [0.5, 0.6) is 0 Å². The standard InChI is InChI=1S/C8H16.K.H/c1-3-5-7-8-6-4-2;;/h3,5H,4,6-8H2,1-2H3;;/q;+1;-1. The molecule has 0 heterocycles. The van der Waals surface area contributed by atoms with Crippen LogP contribution in [0.15, 0.2) is 12.2 Å². The van der Waals surface area contributed by atoms with E-state index >= 15 is 0 Å². The van der Waals surface area contributed by atoms with Crippen molar-refractivity contribution in [3.8, 4) is 0 Å². The molecule has 0 saturated heterocycles. The summed E-state index contributed by atoms with van der Waals surface area (Å²) in [7, 11) is 0. The molecule has 0 aliphatic carbocycles. The predicted molar refractivity (Wildman–Crippen MR) is 40.1 cm³/mol. The number of unbranched alkanes of at least 4 members (excludes halogenated alkanes) is 3. The van der Waals surface area contributed by atoms with Crippen molar-refractivity contribution in [1.29, 1.82) is 0 Å². The molecule has 9 heavy (non-hydrogen) atoms. The Balaban J connectivity index is -0.000000245. The smallest absolute Gasteiger partial charge is 1.00 e. The maximum atomic E-state index is 2.23. The van der Waals surface area contributed by atoms with E-state index in [1.165, 1.54) is 25.7 Å². The zero-order chi connectivity index (χ0) is 6.24. The molecule has 1 heteroatoms. The summed E-state index contributed by atoms with van der Waals surface area (Å²) >= 11 is 0. The minimum Gasteiger partial charge on any atom is -1.00 e. The van der Waals surface area contributed by atoms with Gasteiger partial charge < -0.3 is 1.43 Å². The first kappa shape index (κ1) is 13.0. The number of hydrogen-bond donors (Lipinski definition) is 0. The van der Waals surface area contributed by atoms with Gasteiger partial charge >= 0.3 is 51.4 Å². The van der Waals surface area contributed by atoms with E-state index in [1.54, 1.807) is 0 Å². The van der Waals surface area contributed by atoms with Crippen LogP contribution in [0.3, 0.4) is 0 Å². The van der Waals surface area contributed by atoms with Gasteiger partial charge in [-0.15, -0.1) is 0 Å². The van der Waals surface area contributed by atoms with E-state index in [1.807, 2.05) is 0 Å². The second-order valence-corrected chi connectivity index (χ2v) is 2.06. The molecule has 50 valence electrons. The zero-order valence-corrected chi connectivity index (χ0v) is 10.1. The van der Waals surface area contributed by atoms with Crippen molar-refractivity contribution < 1.29 is 52.8 Å². The van der Waals surface area contributed by atoms with Crippen LogP contribution < -0.4 is 51.4 Å². The Morgan fingerprint density at radius 1 is 1.33 bits per heavy atom. The Morgan fingerprint density at radius 3 is 2.44 bits per heavy atom. The molecule has 0 fully saturated rings. The van der Waals surface area contributed by atoms with Crippen LogP contribution in [0.1, 0.15) is 41.0 Å². The van der Waals surface area contributed by atoms with Gasteiger partial charge in [-0.2, -0.15) is 0 Å². The summed E-state index contributed by atoms with van der Waals surface area (Å²) in [5.41, 5.74) is 0. The van der Waals surface area contributed by atoms with Crippen molar-refractivity contribution in [3.63, 3.8) is 0 Å². The SMILES string of the molecule is CC=CCCCCC.[H-].[K+]. The summed E-state index contributed by atoms with van der Waals surface area (Å²) in [5.74, 6) is 0. The summed E-state index contributed by atoms with van der Waals surface area (Å²) in [4.78, 5) is 0. The first-order valence-corrected chi connectivity index (χ1v) is 3.53. The number of allylic oxidation sites excluding steroid dienone is 2. The van der Waals surface area contributed by atoms with E-state index < -0.39 is 0 Å². The van der Waals surface area contributed by atoms with Gasteiger partial charge in [0.25, 0.3) is 0 Å². The first-order chi connectivity index (χ1) is 3.91. The molecule has 0 radical (unpaired) electrons. The van der Waals surface area contributed by atoms with Gasteiger partial charge in [0.15, 0.2) is 0 Å². The average molecular weight is 152 g/mol. The van der Waals surface area contributed by atoms with Crippen LogP contribution in [0.4, 0.5) is 0 Å². The van der Waals surface area contributed by atoms with E-state index in [9.17, 15) is 0 Å². The summed E-state index contributed by atoms with van der Waals surface area (Å²) < 4.78 is 0. The Labute approximate surface area is 103 Å². The van der Waals surface area contributed by atoms with E-state index in [2.05, 4.69) is 26.0 Å². The molecule has 0 unspecified atom stereocenters. The van der Waals surface area contributed by atoms with Gasteiger partial charge in [-0.1, -0.05) is 31.9 Å². The normalized spacial score (nSPS) is 9.56. The molecule has 0 aromatic rings. The summed E-state index contributed by atoms with van der Waals surface area (Å²) in [5, 5.41) is 0. The fourth-order valence-corrected chi connectivity index (χ4v) is 0.679. The van der Waals surface area contributed by atoms with Crippen molar-refractivity contribution >= 4 is 0 Å². The molecule has 0 aliphatic heterocycles. The molecular formula is C8H17K. The van der Waals surface area contributed by atoms with Gasteiger partial charge in [-0.05, 0) is 19.8 Å². The van der Waals surface area contributed by atoms with Crippen LogP contribution in [-0.2, 0) is 0 Å². The van der Waals surface area contributed by atoms with Crippen LogP contribution in [0.25, 0.3) is 0 Å². The second kappa shape index (κ2) is 12.1. The summed E-state index contributed by atoms with van der Waals surface area (Å²) in [6.07, 6.45) is 9.69. The molecule has 0 amide bonds. The van der Waals surface area contributed by atoms with Crippen molar-refractivity contribution in [2.75, 3.05) is 0 Å². The molecular weight excluding hydrogens is 135 g/mol. The van der Waals surface area contributed by atoms with Crippen LogP contribution in [0, 0.1) is 0 Å². The Kier molecular flexibility index (Phi) is 17.5. The third-order valence-electron chi connectivity index (χ3n) is 1.21.